The SMILES string of the molecule is O=C(Nc1nc2ccccc2[nH]1)C(CC1CCCC1)c1ccc(Cl)c(Cl)c1. The molecule has 4 rings (SSSR count). The maximum absolute atomic E-state index is 13.1. The third-order valence-corrected chi connectivity index (χ3v) is 6.08. The number of benzene rings is 2. The molecule has 0 saturated heterocycles. The second-order valence-electron chi connectivity index (χ2n) is 7.20. The third-order valence-electron chi connectivity index (χ3n) is 5.34. The van der Waals surface area contributed by atoms with E-state index in [-0.39, 0.29) is 11.8 Å². The summed E-state index contributed by atoms with van der Waals surface area (Å²) in [4.78, 5) is 20.7. The zero-order valence-electron chi connectivity index (χ0n) is 14.8. The number of nitrogens with zero attached hydrogens (tertiary/aromatic N) is 1. The summed E-state index contributed by atoms with van der Waals surface area (Å²) in [7, 11) is 0. The zero-order chi connectivity index (χ0) is 18.8. The normalized spacial score (nSPS) is 15.9. The Hall–Kier alpha value is -2.04. The van der Waals surface area contributed by atoms with Crippen molar-refractivity contribution < 1.29 is 4.79 Å². The smallest absolute Gasteiger partial charge is 0.234 e. The van der Waals surface area contributed by atoms with Crippen LogP contribution in [0, 0.1) is 5.92 Å². The van der Waals surface area contributed by atoms with E-state index < -0.39 is 0 Å². The Balaban J connectivity index is 1.59. The lowest BCUT2D eigenvalue weighted by Crippen LogP contribution is -2.23. The number of para-hydroxylation sites is 2. The molecule has 6 heteroatoms. The van der Waals surface area contributed by atoms with Gasteiger partial charge in [-0.05, 0) is 42.2 Å². The van der Waals surface area contributed by atoms with Crippen molar-refractivity contribution in [1.82, 2.24) is 9.97 Å². The zero-order valence-corrected chi connectivity index (χ0v) is 16.4. The van der Waals surface area contributed by atoms with Crippen LogP contribution >= 0.6 is 23.2 Å². The van der Waals surface area contributed by atoms with Crippen LogP contribution in [0.1, 0.15) is 43.6 Å². The van der Waals surface area contributed by atoms with Crippen LogP contribution in [0.15, 0.2) is 42.5 Å². The van der Waals surface area contributed by atoms with E-state index in [1.165, 1.54) is 25.7 Å². The van der Waals surface area contributed by atoms with Gasteiger partial charge in [0.1, 0.15) is 0 Å². The summed E-state index contributed by atoms with van der Waals surface area (Å²) in [5.41, 5.74) is 2.62. The Labute approximate surface area is 168 Å². The fourth-order valence-corrected chi connectivity index (χ4v) is 4.23. The summed E-state index contributed by atoms with van der Waals surface area (Å²) in [5.74, 6) is 0.680. The van der Waals surface area contributed by atoms with Crippen molar-refractivity contribution in [3.63, 3.8) is 0 Å². The quantitative estimate of drug-likeness (QED) is 0.536. The number of rotatable bonds is 5. The maximum Gasteiger partial charge on any atom is 0.234 e. The van der Waals surface area contributed by atoms with Crippen LogP contribution in [0.4, 0.5) is 5.95 Å². The summed E-state index contributed by atoms with van der Waals surface area (Å²) < 4.78 is 0. The number of amides is 1. The fourth-order valence-electron chi connectivity index (χ4n) is 3.92. The van der Waals surface area contributed by atoms with Gasteiger partial charge in [0.2, 0.25) is 11.9 Å². The number of nitrogens with one attached hydrogen (secondary N) is 2. The van der Waals surface area contributed by atoms with Crippen molar-refractivity contribution >= 4 is 46.1 Å². The second-order valence-corrected chi connectivity index (χ2v) is 8.02. The van der Waals surface area contributed by atoms with Gasteiger partial charge in [-0.2, -0.15) is 0 Å². The number of aromatic nitrogens is 2. The maximum atomic E-state index is 13.1. The average molecular weight is 402 g/mol. The van der Waals surface area contributed by atoms with Crippen molar-refractivity contribution in [1.29, 1.82) is 0 Å². The first-order valence-electron chi connectivity index (χ1n) is 9.31. The average Bonchev–Trinajstić information content (AvgIpc) is 3.30. The second kappa shape index (κ2) is 7.91. The number of H-pyrrole nitrogens is 1. The molecule has 1 heterocycles. The predicted molar refractivity (Wildman–Crippen MR) is 111 cm³/mol. The van der Waals surface area contributed by atoms with Crippen LogP contribution in [0.3, 0.4) is 0 Å². The largest absolute Gasteiger partial charge is 0.324 e. The summed E-state index contributed by atoms with van der Waals surface area (Å²) in [6, 6.07) is 13.2. The molecule has 2 N–H and O–H groups in total. The van der Waals surface area contributed by atoms with Gasteiger partial charge in [-0.1, -0.05) is 67.1 Å². The van der Waals surface area contributed by atoms with Gasteiger partial charge in [0.05, 0.1) is 27.0 Å². The molecule has 0 spiro atoms. The molecule has 4 nitrogen and oxygen atoms in total. The van der Waals surface area contributed by atoms with E-state index in [1.54, 1.807) is 6.07 Å². The highest BCUT2D eigenvalue weighted by atomic mass is 35.5. The molecule has 1 aromatic heterocycles. The van der Waals surface area contributed by atoms with Gasteiger partial charge in [0.25, 0.3) is 0 Å². The molecule has 0 radical (unpaired) electrons. The van der Waals surface area contributed by atoms with Crippen LogP contribution < -0.4 is 5.32 Å². The highest BCUT2D eigenvalue weighted by Crippen LogP contribution is 2.36. The van der Waals surface area contributed by atoms with E-state index >= 15 is 0 Å². The lowest BCUT2D eigenvalue weighted by atomic mass is 9.87. The Morgan fingerprint density at radius 2 is 1.93 bits per heavy atom. The van der Waals surface area contributed by atoms with Gasteiger partial charge >= 0.3 is 0 Å². The van der Waals surface area contributed by atoms with Gasteiger partial charge in [-0.25, -0.2) is 4.98 Å². The summed E-state index contributed by atoms with van der Waals surface area (Å²) >= 11 is 12.3. The van der Waals surface area contributed by atoms with Crippen molar-refractivity contribution in [2.75, 3.05) is 5.32 Å². The molecule has 3 aromatic rings. The Kier molecular flexibility index (Phi) is 5.37. The molecule has 140 valence electrons. The minimum absolute atomic E-state index is 0.0701. The molecule has 1 unspecified atom stereocenters. The van der Waals surface area contributed by atoms with E-state index in [1.807, 2.05) is 36.4 Å². The third kappa shape index (κ3) is 4.12. The van der Waals surface area contributed by atoms with Crippen molar-refractivity contribution in [2.24, 2.45) is 5.92 Å². The topological polar surface area (TPSA) is 57.8 Å². The number of hydrogen-bond acceptors (Lipinski definition) is 2. The molecule has 1 fully saturated rings. The number of halogens is 2. The molecule has 1 saturated carbocycles. The highest BCUT2D eigenvalue weighted by Gasteiger charge is 2.27. The summed E-state index contributed by atoms with van der Waals surface area (Å²) in [6.45, 7) is 0. The minimum atomic E-state index is -0.281. The number of carbonyl (C=O) groups is 1. The van der Waals surface area contributed by atoms with E-state index in [2.05, 4.69) is 15.3 Å². The molecule has 1 atom stereocenters. The molecular formula is C21H21Cl2N3O. The van der Waals surface area contributed by atoms with E-state index in [4.69, 9.17) is 23.2 Å². The van der Waals surface area contributed by atoms with E-state index in [0.29, 0.717) is 21.9 Å². The molecular weight excluding hydrogens is 381 g/mol. The number of aromatic amines is 1. The first-order valence-corrected chi connectivity index (χ1v) is 10.1. The predicted octanol–water partition coefficient (Wildman–Crippen LogP) is 6.17. The van der Waals surface area contributed by atoms with Crippen molar-refractivity contribution in [3.05, 3.63) is 58.1 Å². The van der Waals surface area contributed by atoms with Gasteiger partial charge < -0.3 is 4.98 Å². The van der Waals surface area contributed by atoms with Crippen LogP contribution in [0.2, 0.25) is 10.0 Å². The van der Waals surface area contributed by atoms with Crippen molar-refractivity contribution in [2.45, 2.75) is 38.0 Å². The lowest BCUT2D eigenvalue weighted by Gasteiger charge is -2.20. The molecule has 0 aliphatic heterocycles. The molecule has 1 aliphatic carbocycles. The number of imidazole rings is 1. The van der Waals surface area contributed by atoms with Gasteiger partial charge in [0.15, 0.2) is 0 Å². The van der Waals surface area contributed by atoms with Gasteiger partial charge in [-0.3, -0.25) is 10.1 Å². The summed E-state index contributed by atoms with van der Waals surface area (Å²) in [6.07, 6.45) is 5.64. The van der Waals surface area contributed by atoms with Gasteiger partial charge in [-0.15, -0.1) is 0 Å². The number of fused-ring (bicyclic) bond motifs is 1. The standard InChI is InChI=1S/C21H21Cl2N3O/c22-16-10-9-14(12-17(16)23)15(11-13-5-1-2-6-13)20(27)26-21-24-18-7-3-4-8-19(18)25-21/h3-4,7-10,12-13,15H,1-2,5-6,11H2,(H2,24,25,26,27). The molecule has 27 heavy (non-hydrogen) atoms. The number of carbonyl (C=O) groups excluding carboxylic acids is 1. The summed E-state index contributed by atoms with van der Waals surface area (Å²) in [5, 5.41) is 3.93. The number of hydrogen-bond donors (Lipinski definition) is 2. The fraction of sp³-hybridized carbons (Fsp3) is 0.333. The highest BCUT2D eigenvalue weighted by molar-refractivity contribution is 6.42. The molecule has 2 aromatic carbocycles. The Morgan fingerprint density at radius 1 is 1.15 bits per heavy atom. The van der Waals surface area contributed by atoms with E-state index in [9.17, 15) is 4.79 Å². The van der Waals surface area contributed by atoms with Gasteiger partial charge in [0, 0.05) is 0 Å². The molecule has 0 bridgehead atoms. The van der Waals surface area contributed by atoms with E-state index in [0.717, 1.165) is 23.0 Å². The van der Waals surface area contributed by atoms with Crippen LogP contribution in [0.5, 0.6) is 0 Å². The first-order chi connectivity index (χ1) is 13.1. The molecule has 1 amide bonds. The minimum Gasteiger partial charge on any atom is -0.324 e. The Morgan fingerprint density at radius 3 is 2.67 bits per heavy atom. The van der Waals surface area contributed by atoms with Crippen molar-refractivity contribution in [3.8, 4) is 0 Å². The Bertz CT molecular complexity index is 930. The number of anilines is 1. The monoisotopic (exact) mass is 401 g/mol. The lowest BCUT2D eigenvalue weighted by molar-refractivity contribution is -0.118. The first kappa shape index (κ1) is 18.3. The van der Waals surface area contributed by atoms with Crippen LogP contribution in [-0.4, -0.2) is 15.9 Å². The molecule has 1 aliphatic rings. The van der Waals surface area contributed by atoms with Crippen LogP contribution in [0.25, 0.3) is 11.0 Å². The van der Waals surface area contributed by atoms with Crippen LogP contribution in [-0.2, 0) is 4.79 Å².